The van der Waals surface area contributed by atoms with Crippen molar-refractivity contribution in [2.75, 3.05) is 5.32 Å². The summed E-state index contributed by atoms with van der Waals surface area (Å²) in [6.07, 6.45) is 0. The topological polar surface area (TPSA) is 84.9 Å². The van der Waals surface area contributed by atoms with Crippen LogP contribution in [0.15, 0.2) is 35.8 Å². The molecule has 1 aliphatic rings. The van der Waals surface area contributed by atoms with Gasteiger partial charge in [-0.25, -0.2) is 4.79 Å². The van der Waals surface area contributed by atoms with Crippen molar-refractivity contribution in [3.05, 3.63) is 40.8 Å². The van der Waals surface area contributed by atoms with Gasteiger partial charge < -0.3 is 19.9 Å². The number of ether oxygens (including phenoxy) is 2. The Morgan fingerprint density at radius 2 is 1.85 bits per heavy atom. The Hall–Kier alpha value is -2.21. The van der Waals surface area contributed by atoms with E-state index in [2.05, 4.69) is 5.32 Å². The van der Waals surface area contributed by atoms with Crippen molar-refractivity contribution in [1.29, 1.82) is 0 Å². The first kappa shape index (κ1) is 14.2. The van der Waals surface area contributed by atoms with Gasteiger partial charge in [-0.05, 0) is 24.3 Å². The molecule has 0 fully saturated rings. The Morgan fingerprint density at radius 1 is 1.25 bits per heavy atom. The molecule has 106 valence electrons. The number of anilines is 1. The first-order chi connectivity index (χ1) is 9.28. The molecule has 0 unspecified atom stereocenters. The maximum atomic E-state index is 11.9. The van der Waals surface area contributed by atoms with Crippen LogP contribution in [-0.4, -0.2) is 22.8 Å². The molecular formula is C13H12ClNO5. The summed E-state index contributed by atoms with van der Waals surface area (Å²) in [4.78, 5) is 23.6. The Bertz CT molecular complexity index is 591. The number of hydrogen-bond donors (Lipinski definition) is 2. The minimum atomic E-state index is -1.31. The molecule has 2 N–H and O–H groups in total. The van der Waals surface area contributed by atoms with Crippen LogP contribution in [0.1, 0.15) is 13.8 Å². The van der Waals surface area contributed by atoms with Gasteiger partial charge in [-0.1, -0.05) is 11.6 Å². The molecule has 0 spiro atoms. The number of aliphatic hydroxyl groups excluding tert-OH is 1. The zero-order valence-corrected chi connectivity index (χ0v) is 11.5. The van der Waals surface area contributed by atoms with E-state index in [1.165, 1.54) is 13.8 Å². The lowest BCUT2D eigenvalue weighted by Crippen LogP contribution is -2.40. The number of amides is 1. The minimum Gasteiger partial charge on any atom is -0.480 e. The van der Waals surface area contributed by atoms with Crippen molar-refractivity contribution < 1.29 is 24.2 Å². The first-order valence-electron chi connectivity index (χ1n) is 5.71. The summed E-state index contributed by atoms with van der Waals surface area (Å²) in [5, 5.41) is 12.6. The number of nitrogens with one attached hydrogen (secondary N) is 1. The number of cyclic esters (lactones) is 1. The molecule has 0 atom stereocenters. The predicted molar refractivity (Wildman–Crippen MR) is 71.0 cm³/mol. The van der Waals surface area contributed by atoms with E-state index in [1.807, 2.05) is 0 Å². The molecule has 20 heavy (non-hydrogen) atoms. The number of rotatable bonds is 2. The largest absolute Gasteiger partial charge is 0.480 e. The molecule has 0 saturated carbocycles. The van der Waals surface area contributed by atoms with Crippen LogP contribution < -0.4 is 5.32 Å². The molecule has 1 heterocycles. The normalized spacial score (nSPS) is 17.2. The standard InChI is InChI=1S/C13H12ClNO5/c1-13(2)19-11(17)9(12(18)20-13)10(16)15-8-5-3-7(14)4-6-8/h3-6,17H,1-2H3,(H,15,16). The molecule has 2 rings (SSSR count). The van der Waals surface area contributed by atoms with Crippen molar-refractivity contribution in [3.8, 4) is 0 Å². The third kappa shape index (κ3) is 3.03. The average Bonchev–Trinajstić information content (AvgIpc) is 2.29. The van der Waals surface area contributed by atoms with Crippen LogP contribution in [0.3, 0.4) is 0 Å². The molecule has 1 amide bonds. The fourth-order valence-electron chi connectivity index (χ4n) is 1.58. The monoisotopic (exact) mass is 297 g/mol. The van der Waals surface area contributed by atoms with Crippen LogP contribution in [0, 0.1) is 0 Å². The van der Waals surface area contributed by atoms with Crippen molar-refractivity contribution in [2.24, 2.45) is 0 Å². The summed E-state index contributed by atoms with van der Waals surface area (Å²) in [5.41, 5.74) is -0.170. The molecular weight excluding hydrogens is 286 g/mol. The van der Waals surface area contributed by atoms with Crippen molar-refractivity contribution in [1.82, 2.24) is 0 Å². The Morgan fingerprint density at radius 3 is 2.40 bits per heavy atom. The maximum Gasteiger partial charge on any atom is 0.354 e. The van der Waals surface area contributed by atoms with E-state index in [9.17, 15) is 14.7 Å². The quantitative estimate of drug-likeness (QED) is 0.646. The van der Waals surface area contributed by atoms with Crippen molar-refractivity contribution >= 4 is 29.2 Å². The highest BCUT2D eigenvalue weighted by Gasteiger charge is 2.39. The van der Waals surface area contributed by atoms with Crippen LogP contribution in [0.4, 0.5) is 5.69 Å². The van der Waals surface area contributed by atoms with Gasteiger partial charge in [-0.2, -0.15) is 0 Å². The van der Waals surface area contributed by atoms with E-state index in [4.69, 9.17) is 21.1 Å². The highest BCUT2D eigenvalue weighted by atomic mass is 35.5. The summed E-state index contributed by atoms with van der Waals surface area (Å²) in [6, 6.07) is 6.25. The minimum absolute atomic E-state index is 0.414. The number of aliphatic hydroxyl groups is 1. The van der Waals surface area contributed by atoms with E-state index >= 15 is 0 Å². The second kappa shape index (κ2) is 5.05. The van der Waals surface area contributed by atoms with Gasteiger partial charge in [0.2, 0.25) is 5.57 Å². The zero-order valence-electron chi connectivity index (χ0n) is 10.8. The first-order valence-corrected chi connectivity index (χ1v) is 6.09. The molecule has 1 aromatic rings. The highest BCUT2D eigenvalue weighted by molar-refractivity contribution is 6.30. The SMILES string of the molecule is CC1(C)OC(=O)C(C(=O)Nc2ccc(Cl)cc2)=C(O)O1. The number of carbonyl (C=O) groups is 2. The van der Waals surface area contributed by atoms with Gasteiger partial charge in [0.25, 0.3) is 11.7 Å². The van der Waals surface area contributed by atoms with Crippen LogP contribution in [-0.2, 0) is 19.1 Å². The molecule has 0 bridgehead atoms. The lowest BCUT2D eigenvalue weighted by atomic mass is 10.2. The maximum absolute atomic E-state index is 11.9. The summed E-state index contributed by atoms with van der Waals surface area (Å²) in [5.74, 6) is -3.86. The van der Waals surface area contributed by atoms with E-state index in [0.29, 0.717) is 10.7 Å². The van der Waals surface area contributed by atoms with Crippen LogP contribution in [0.5, 0.6) is 0 Å². The summed E-state index contributed by atoms with van der Waals surface area (Å²) in [6.45, 7) is 2.88. The smallest absolute Gasteiger partial charge is 0.354 e. The van der Waals surface area contributed by atoms with E-state index in [1.54, 1.807) is 24.3 Å². The lowest BCUT2D eigenvalue weighted by Gasteiger charge is -2.30. The van der Waals surface area contributed by atoms with Gasteiger partial charge in [0, 0.05) is 24.6 Å². The zero-order chi connectivity index (χ0) is 14.9. The van der Waals surface area contributed by atoms with Crippen molar-refractivity contribution in [3.63, 3.8) is 0 Å². The third-order valence-electron chi connectivity index (χ3n) is 2.43. The third-order valence-corrected chi connectivity index (χ3v) is 2.68. The molecule has 0 radical (unpaired) electrons. The highest BCUT2D eigenvalue weighted by Crippen LogP contribution is 2.26. The van der Waals surface area contributed by atoms with Crippen LogP contribution >= 0.6 is 11.6 Å². The summed E-state index contributed by atoms with van der Waals surface area (Å²) in [7, 11) is 0. The Labute approximate surface area is 119 Å². The van der Waals surface area contributed by atoms with Crippen LogP contribution in [0.2, 0.25) is 5.02 Å². The number of halogens is 1. The molecule has 1 aromatic carbocycles. The number of carbonyl (C=O) groups excluding carboxylic acids is 2. The van der Waals surface area contributed by atoms with Gasteiger partial charge in [-0.15, -0.1) is 0 Å². The average molecular weight is 298 g/mol. The van der Waals surface area contributed by atoms with Gasteiger partial charge in [0.15, 0.2) is 0 Å². The van der Waals surface area contributed by atoms with Gasteiger partial charge >= 0.3 is 11.9 Å². The lowest BCUT2D eigenvalue weighted by molar-refractivity contribution is -0.221. The van der Waals surface area contributed by atoms with Crippen molar-refractivity contribution in [2.45, 2.75) is 19.6 Å². The molecule has 7 heteroatoms. The number of esters is 1. The van der Waals surface area contributed by atoms with Crippen LogP contribution in [0.25, 0.3) is 0 Å². The molecule has 0 aliphatic carbocycles. The second-order valence-corrected chi connectivity index (χ2v) is 4.97. The molecule has 1 aliphatic heterocycles. The van der Waals surface area contributed by atoms with E-state index in [0.717, 1.165) is 0 Å². The van der Waals surface area contributed by atoms with Gasteiger partial charge in [0.05, 0.1) is 0 Å². The summed E-state index contributed by atoms with van der Waals surface area (Å²) >= 11 is 5.72. The molecule has 0 aromatic heterocycles. The van der Waals surface area contributed by atoms with Gasteiger partial charge in [-0.3, -0.25) is 4.79 Å². The number of hydrogen-bond acceptors (Lipinski definition) is 5. The summed E-state index contributed by atoms with van der Waals surface area (Å²) < 4.78 is 9.82. The predicted octanol–water partition coefficient (Wildman–Crippen LogP) is 2.36. The van der Waals surface area contributed by atoms with E-state index < -0.39 is 29.2 Å². The fraction of sp³-hybridized carbons (Fsp3) is 0.231. The Kier molecular flexibility index (Phi) is 3.59. The molecule has 0 saturated heterocycles. The van der Waals surface area contributed by atoms with E-state index in [-0.39, 0.29) is 0 Å². The fourth-order valence-corrected chi connectivity index (χ4v) is 1.71. The van der Waals surface area contributed by atoms with Gasteiger partial charge in [0.1, 0.15) is 0 Å². The molecule has 6 nitrogen and oxygen atoms in total. The second-order valence-electron chi connectivity index (χ2n) is 4.53. The Balaban J connectivity index is 2.20. The number of benzene rings is 1.